The van der Waals surface area contributed by atoms with Crippen LogP contribution < -0.4 is 46.9 Å². The molecular formula is C60H40BN3Si. The normalized spacial score (nSPS) is 13.1. The SMILES string of the molecule is c1ccc(N2c3ccccc3B3c4ccccc4N(c4ccccc4)c4c3c2cc2c4c3cc([Si](c4ccccc4)(c4ccccc4)c4ccccc4)cc4c5ccccc5n2c43)cc1. The van der Waals surface area contributed by atoms with Gasteiger partial charge in [0.15, 0.2) is 8.07 Å². The lowest BCUT2D eigenvalue weighted by Crippen LogP contribution is -2.74. The van der Waals surface area contributed by atoms with Crippen LogP contribution in [0.15, 0.2) is 243 Å². The zero-order valence-electron chi connectivity index (χ0n) is 35.5. The Balaban J connectivity index is 1.22. The molecule has 0 saturated heterocycles. The monoisotopic (exact) mass is 841 g/mol. The highest BCUT2D eigenvalue weighted by atomic mass is 28.3. The van der Waals surface area contributed by atoms with E-state index in [4.69, 9.17) is 0 Å². The first-order valence-corrected chi connectivity index (χ1v) is 24.6. The summed E-state index contributed by atoms with van der Waals surface area (Å²) >= 11 is 0. The number of aromatic nitrogens is 1. The summed E-state index contributed by atoms with van der Waals surface area (Å²) < 4.78 is 2.59. The lowest BCUT2D eigenvalue weighted by Gasteiger charge is -2.44. The summed E-state index contributed by atoms with van der Waals surface area (Å²) in [5.74, 6) is 0. The second-order valence-electron chi connectivity index (χ2n) is 17.6. The average molecular weight is 842 g/mol. The number of hydrogen-bond donors (Lipinski definition) is 0. The third-order valence-electron chi connectivity index (χ3n) is 14.4. The van der Waals surface area contributed by atoms with E-state index in [0.717, 1.165) is 11.4 Å². The zero-order valence-corrected chi connectivity index (χ0v) is 36.5. The average Bonchev–Trinajstić information content (AvgIpc) is 3.90. The molecule has 0 N–H and O–H groups in total. The molecule has 2 aliphatic heterocycles. The van der Waals surface area contributed by atoms with Crippen LogP contribution in [0.2, 0.25) is 0 Å². The largest absolute Gasteiger partial charge is 0.311 e. The van der Waals surface area contributed by atoms with Crippen molar-refractivity contribution in [3.63, 3.8) is 0 Å². The van der Waals surface area contributed by atoms with Gasteiger partial charge in [-0.15, -0.1) is 0 Å². The second kappa shape index (κ2) is 13.9. The molecule has 0 amide bonds. The fourth-order valence-corrected chi connectivity index (χ4v) is 16.7. The van der Waals surface area contributed by atoms with Gasteiger partial charge in [-0.2, -0.15) is 0 Å². The lowest BCUT2D eigenvalue weighted by molar-refractivity contribution is 1.26. The van der Waals surface area contributed by atoms with Crippen LogP contribution in [0.5, 0.6) is 0 Å². The van der Waals surface area contributed by atoms with Crippen molar-refractivity contribution in [2.75, 3.05) is 9.80 Å². The molecule has 0 unspecified atom stereocenters. The van der Waals surface area contributed by atoms with Gasteiger partial charge in [0.25, 0.3) is 6.71 Å². The summed E-state index contributed by atoms with van der Waals surface area (Å²) in [6.45, 7) is 0.0134. The maximum atomic E-state index is 2.62. The van der Waals surface area contributed by atoms with E-state index in [2.05, 4.69) is 257 Å². The van der Waals surface area contributed by atoms with E-state index in [1.54, 1.807) is 0 Å². The first-order chi connectivity index (χ1) is 32.3. The molecule has 10 aromatic carbocycles. The van der Waals surface area contributed by atoms with Crippen molar-refractivity contribution in [1.29, 1.82) is 0 Å². The first kappa shape index (κ1) is 36.4. The van der Waals surface area contributed by atoms with Gasteiger partial charge in [-0.05, 0) is 85.7 Å². The number of hydrogen-bond acceptors (Lipinski definition) is 2. The van der Waals surface area contributed by atoms with Gasteiger partial charge in [0.05, 0.1) is 22.2 Å². The Labute approximate surface area is 379 Å². The number of anilines is 6. The Morgan fingerprint density at radius 3 is 1.38 bits per heavy atom. The fraction of sp³-hybridized carbons (Fsp3) is 0. The Hall–Kier alpha value is -8.12. The van der Waals surface area contributed by atoms with E-state index in [1.165, 1.54) is 98.0 Å². The molecule has 0 atom stereocenters. The molecule has 302 valence electrons. The topological polar surface area (TPSA) is 10.9 Å². The van der Waals surface area contributed by atoms with Gasteiger partial charge in [0, 0.05) is 50.0 Å². The molecule has 3 nitrogen and oxygen atoms in total. The van der Waals surface area contributed by atoms with E-state index >= 15 is 0 Å². The molecule has 0 saturated carbocycles. The smallest absolute Gasteiger partial charge is 0.252 e. The van der Waals surface area contributed by atoms with E-state index in [9.17, 15) is 0 Å². The highest BCUT2D eigenvalue weighted by Gasteiger charge is 2.46. The van der Waals surface area contributed by atoms with E-state index in [0.29, 0.717) is 0 Å². The molecule has 14 rings (SSSR count). The molecule has 2 aliphatic rings. The van der Waals surface area contributed by atoms with Crippen molar-refractivity contribution in [2.24, 2.45) is 0 Å². The minimum absolute atomic E-state index is 0.0134. The van der Waals surface area contributed by atoms with Crippen molar-refractivity contribution < 1.29 is 0 Å². The standard InChI is InChI=1S/C60H40BN3Si/c1-6-22-41(23-7-1)62-53-36-20-17-33-50(53)61-51-34-18-21-37-54(51)63(42-24-8-2-9-25-42)60-57-49-39-46(38-48-47-32-16-19-35-52(47)64(59(48)49)55(57)40-56(62)58(60)61)65(43-26-10-3-11-27-43,44-28-12-4-13-29-44)45-30-14-5-15-31-45/h1-40H. The maximum absolute atomic E-state index is 2.95. The molecule has 12 aromatic rings. The van der Waals surface area contributed by atoms with Gasteiger partial charge in [-0.1, -0.05) is 194 Å². The summed E-state index contributed by atoms with van der Waals surface area (Å²) in [6, 6.07) is 91.1. The predicted octanol–water partition coefficient (Wildman–Crippen LogP) is 10.3. The summed E-state index contributed by atoms with van der Waals surface area (Å²) in [4.78, 5) is 5.11. The summed E-state index contributed by atoms with van der Waals surface area (Å²) in [7, 11) is -2.95. The first-order valence-electron chi connectivity index (χ1n) is 22.6. The van der Waals surface area contributed by atoms with Crippen LogP contribution >= 0.6 is 0 Å². The third kappa shape index (κ3) is 4.96. The Morgan fingerprint density at radius 2 is 0.800 bits per heavy atom. The van der Waals surface area contributed by atoms with Crippen molar-refractivity contribution in [1.82, 2.24) is 4.40 Å². The summed E-state index contributed by atoms with van der Waals surface area (Å²) in [5.41, 5.74) is 14.9. The van der Waals surface area contributed by atoms with Crippen molar-refractivity contribution in [3.05, 3.63) is 243 Å². The van der Waals surface area contributed by atoms with Gasteiger partial charge >= 0.3 is 0 Å². The second-order valence-corrected chi connectivity index (χ2v) is 21.4. The summed E-state index contributed by atoms with van der Waals surface area (Å²) in [6.07, 6.45) is 0. The van der Waals surface area contributed by atoms with Crippen LogP contribution in [0.4, 0.5) is 34.1 Å². The van der Waals surface area contributed by atoms with Crippen molar-refractivity contribution in [2.45, 2.75) is 0 Å². The quantitative estimate of drug-likeness (QED) is 0.122. The van der Waals surface area contributed by atoms with E-state index in [1.807, 2.05) is 0 Å². The Bertz CT molecular complexity index is 3670. The zero-order chi connectivity index (χ0) is 42.6. The third-order valence-corrected chi connectivity index (χ3v) is 19.1. The number of para-hydroxylation sites is 5. The minimum Gasteiger partial charge on any atom is -0.311 e. The highest BCUT2D eigenvalue weighted by Crippen LogP contribution is 2.51. The van der Waals surface area contributed by atoms with Gasteiger partial charge in [0.1, 0.15) is 0 Å². The van der Waals surface area contributed by atoms with Gasteiger partial charge < -0.3 is 14.2 Å². The lowest BCUT2D eigenvalue weighted by atomic mass is 9.33. The van der Waals surface area contributed by atoms with Crippen molar-refractivity contribution in [3.8, 4) is 0 Å². The molecule has 0 radical (unpaired) electrons. The van der Waals surface area contributed by atoms with Crippen LogP contribution in [0.25, 0.3) is 38.1 Å². The Morgan fingerprint density at radius 1 is 0.338 bits per heavy atom. The van der Waals surface area contributed by atoms with Gasteiger partial charge in [-0.3, -0.25) is 0 Å². The Kier molecular flexibility index (Phi) is 7.80. The molecule has 4 heterocycles. The molecule has 0 fully saturated rings. The molecule has 2 aromatic heterocycles. The van der Waals surface area contributed by atoms with Crippen molar-refractivity contribution >= 4 is 124 Å². The molecule has 65 heavy (non-hydrogen) atoms. The van der Waals surface area contributed by atoms with E-state index < -0.39 is 8.07 Å². The maximum Gasteiger partial charge on any atom is 0.252 e. The minimum atomic E-state index is -2.95. The molecule has 0 aliphatic carbocycles. The number of benzene rings is 10. The number of fused-ring (bicyclic) bond motifs is 11. The van der Waals surface area contributed by atoms with Gasteiger partial charge in [0.2, 0.25) is 0 Å². The molecule has 0 bridgehead atoms. The highest BCUT2D eigenvalue weighted by molar-refractivity contribution is 7.20. The number of nitrogens with zero attached hydrogens (tertiary/aromatic N) is 3. The fourth-order valence-electron chi connectivity index (χ4n) is 11.9. The van der Waals surface area contributed by atoms with Gasteiger partial charge in [-0.25, -0.2) is 0 Å². The van der Waals surface area contributed by atoms with Crippen LogP contribution in [-0.2, 0) is 0 Å². The van der Waals surface area contributed by atoms with E-state index in [-0.39, 0.29) is 6.71 Å². The number of rotatable bonds is 6. The molecule has 5 heteroatoms. The van der Waals surface area contributed by atoms with Crippen LogP contribution in [0.3, 0.4) is 0 Å². The van der Waals surface area contributed by atoms with Crippen LogP contribution in [0, 0.1) is 0 Å². The molecular weight excluding hydrogens is 802 g/mol. The molecule has 0 spiro atoms. The summed E-state index contributed by atoms with van der Waals surface area (Å²) in [5, 5.41) is 10.6. The predicted molar refractivity (Wildman–Crippen MR) is 279 cm³/mol. The van der Waals surface area contributed by atoms with Crippen LogP contribution in [0.1, 0.15) is 0 Å². The van der Waals surface area contributed by atoms with Crippen LogP contribution in [-0.4, -0.2) is 19.2 Å².